The third-order valence-corrected chi connectivity index (χ3v) is 3.46. The Kier molecular flexibility index (Phi) is 5.56. The standard InChI is InChI=1S/C16H17BrFNO/c1-20-16-4-2-12(3-5-16)6-7-19-11-13-8-14(17)10-15(18)9-13/h2-5,8-10,19H,6-7,11H2,1H3. The van der Waals surface area contributed by atoms with E-state index in [1.54, 1.807) is 13.2 Å². The highest BCUT2D eigenvalue weighted by Crippen LogP contribution is 2.15. The van der Waals surface area contributed by atoms with E-state index in [9.17, 15) is 4.39 Å². The van der Waals surface area contributed by atoms with Crippen LogP contribution in [-0.2, 0) is 13.0 Å². The van der Waals surface area contributed by atoms with Crippen LogP contribution in [0, 0.1) is 5.82 Å². The smallest absolute Gasteiger partial charge is 0.124 e. The van der Waals surface area contributed by atoms with Gasteiger partial charge in [-0.25, -0.2) is 4.39 Å². The lowest BCUT2D eigenvalue weighted by molar-refractivity contribution is 0.414. The van der Waals surface area contributed by atoms with Gasteiger partial charge in [0.2, 0.25) is 0 Å². The molecule has 106 valence electrons. The van der Waals surface area contributed by atoms with E-state index in [1.807, 2.05) is 18.2 Å². The Labute approximate surface area is 127 Å². The van der Waals surface area contributed by atoms with Crippen molar-refractivity contribution < 1.29 is 9.13 Å². The van der Waals surface area contributed by atoms with E-state index in [2.05, 4.69) is 33.4 Å². The summed E-state index contributed by atoms with van der Waals surface area (Å²) in [6, 6.07) is 13.0. The number of methoxy groups -OCH3 is 1. The maximum absolute atomic E-state index is 13.2. The molecule has 0 radical (unpaired) electrons. The van der Waals surface area contributed by atoms with E-state index in [0.29, 0.717) is 6.54 Å². The maximum atomic E-state index is 13.2. The number of hydrogen-bond donors (Lipinski definition) is 1. The van der Waals surface area contributed by atoms with Crippen molar-refractivity contribution in [2.45, 2.75) is 13.0 Å². The zero-order valence-corrected chi connectivity index (χ0v) is 12.9. The lowest BCUT2D eigenvalue weighted by Crippen LogP contribution is -2.16. The van der Waals surface area contributed by atoms with Gasteiger partial charge in [-0.2, -0.15) is 0 Å². The highest BCUT2D eigenvalue weighted by Gasteiger charge is 1.99. The summed E-state index contributed by atoms with van der Waals surface area (Å²) in [5.41, 5.74) is 2.19. The topological polar surface area (TPSA) is 21.3 Å². The molecule has 0 aromatic heterocycles. The highest BCUT2D eigenvalue weighted by atomic mass is 79.9. The lowest BCUT2D eigenvalue weighted by Gasteiger charge is -2.07. The molecule has 2 nitrogen and oxygen atoms in total. The summed E-state index contributed by atoms with van der Waals surface area (Å²) in [6.45, 7) is 1.51. The van der Waals surface area contributed by atoms with Gasteiger partial charge in [-0.05, 0) is 54.4 Å². The van der Waals surface area contributed by atoms with Crippen LogP contribution in [0.1, 0.15) is 11.1 Å². The molecule has 20 heavy (non-hydrogen) atoms. The fourth-order valence-corrected chi connectivity index (χ4v) is 2.48. The predicted octanol–water partition coefficient (Wildman–Crippen LogP) is 3.93. The minimum absolute atomic E-state index is 0.216. The molecule has 0 aliphatic heterocycles. The Morgan fingerprint density at radius 2 is 1.85 bits per heavy atom. The molecule has 4 heteroatoms. The summed E-state index contributed by atoms with van der Waals surface area (Å²) < 4.78 is 19.1. The van der Waals surface area contributed by atoms with E-state index in [-0.39, 0.29) is 5.82 Å². The van der Waals surface area contributed by atoms with Crippen molar-refractivity contribution >= 4 is 15.9 Å². The van der Waals surface area contributed by atoms with E-state index < -0.39 is 0 Å². The average molecular weight is 338 g/mol. The molecule has 0 saturated heterocycles. The number of nitrogens with one attached hydrogen (secondary N) is 1. The summed E-state index contributed by atoms with van der Waals surface area (Å²) in [7, 11) is 1.66. The van der Waals surface area contributed by atoms with Crippen LogP contribution in [0.15, 0.2) is 46.9 Å². The zero-order valence-electron chi connectivity index (χ0n) is 11.3. The molecule has 1 N–H and O–H groups in total. The lowest BCUT2D eigenvalue weighted by atomic mass is 10.1. The van der Waals surface area contributed by atoms with E-state index in [4.69, 9.17) is 4.74 Å². The predicted molar refractivity (Wildman–Crippen MR) is 82.5 cm³/mol. The first-order valence-corrected chi connectivity index (χ1v) is 7.25. The molecule has 0 bridgehead atoms. The van der Waals surface area contributed by atoms with Crippen LogP contribution < -0.4 is 10.1 Å². The second kappa shape index (κ2) is 7.41. The number of hydrogen-bond acceptors (Lipinski definition) is 2. The van der Waals surface area contributed by atoms with Crippen molar-refractivity contribution in [3.63, 3.8) is 0 Å². The van der Waals surface area contributed by atoms with E-state index in [0.717, 1.165) is 28.8 Å². The number of rotatable bonds is 6. The molecule has 2 rings (SSSR count). The van der Waals surface area contributed by atoms with Crippen molar-refractivity contribution in [2.24, 2.45) is 0 Å². The number of benzene rings is 2. The Balaban J connectivity index is 1.78. The zero-order chi connectivity index (χ0) is 14.4. The molecular weight excluding hydrogens is 321 g/mol. The van der Waals surface area contributed by atoms with Gasteiger partial charge >= 0.3 is 0 Å². The molecule has 0 heterocycles. The average Bonchev–Trinajstić information content (AvgIpc) is 2.43. The van der Waals surface area contributed by atoms with Crippen LogP contribution in [0.3, 0.4) is 0 Å². The van der Waals surface area contributed by atoms with Gasteiger partial charge in [-0.1, -0.05) is 28.1 Å². The number of ether oxygens (including phenoxy) is 1. The van der Waals surface area contributed by atoms with Gasteiger partial charge in [0.05, 0.1) is 7.11 Å². The highest BCUT2D eigenvalue weighted by molar-refractivity contribution is 9.10. The largest absolute Gasteiger partial charge is 0.497 e. The molecule has 2 aromatic carbocycles. The minimum atomic E-state index is -0.216. The first-order chi connectivity index (χ1) is 9.67. The molecule has 2 aromatic rings. The summed E-state index contributed by atoms with van der Waals surface area (Å²) in [4.78, 5) is 0. The van der Waals surface area contributed by atoms with Crippen LogP contribution >= 0.6 is 15.9 Å². The van der Waals surface area contributed by atoms with Crippen LogP contribution in [0.5, 0.6) is 5.75 Å². The molecule has 0 unspecified atom stereocenters. The summed E-state index contributed by atoms with van der Waals surface area (Å²) >= 11 is 3.29. The molecule has 0 aliphatic carbocycles. The Bertz CT molecular complexity index is 537. The molecule has 0 saturated carbocycles. The first kappa shape index (κ1) is 15.0. The first-order valence-electron chi connectivity index (χ1n) is 6.46. The van der Waals surface area contributed by atoms with Crippen molar-refractivity contribution in [2.75, 3.05) is 13.7 Å². The second-order valence-corrected chi connectivity index (χ2v) is 5.47. The third kappa shape index (κ3) is 4.62. The fourth-order valence-electron chi connectivity index (χ4n) is 1.97. The molecule has 0 fully saturated rings. The molecule has 0 atom stereocenters. The normalized spacial score (nSPS) is 10.6. The number of halogens is 2. The van der Waals surface area contributed by atoms with Gasteiger partial charge in [0, 0.05) is 11.0 Å². The van der Waals surface area contributed by atoms with Crippen molar-refractivity contribution in [1.82, 2.24) is 5.32 Å². The van der Waals surface area contributed by atoms with Crippen LogP contribution in [-0.4, -0.2) is 13.7 Å². The Hall–Kier alpha value is -1.39. The van der Waals surface area contributed by atoms with Crippen molar-refractivity contribution in [3.05, 3.63) is 63.9 Å². The summed E-state index contributed by atoms with van der Waals surface area (Å²) in [5, 5.41) is 3.31. The summed E-state index contributed by atoms with van der Waals surface area (Å²) in [5.74, 6) is 0.651. The van der Waals surface area contributed by atoms with Gasteiger partial charge in [-0.15, -0.1) is 0 Å². The minimum Gasteiger partial charge on any atom is -0.497 e. The van der Waals surface area contributed by atoms with Crippen molar-refractivity contribution in [1.29, 1.82) is 0 Å². The maximum Gasteiger partial charge on any atom is 0.124 e. The van der Waals surface area contributed by atoms with E-state index >= 15 is 0 Å². The van der Waals surface area contributed by atoms with Gasteiger partial charge in [0.1, 0.15) is 11.6 Å². The van der Waals surface area contributed by atoms with Gasteiger partial charge in [0.15, 0.2) is 0 Å². The summed E-state index contributed by atoms with van der Waals surface area (Å²) in [6.07, 6.45) is 0.931. The van der Waals surface area contributed by atoms with Crippen LogP contribution in [0.2, 0.25) is 0 Å². The van der Waals surface area contributed by atoms with Gasteiger partial charge in [-0.3, -0.25) is 0 Å². The van der Waals surface area contributed by atoms with Gasteiger partial charge in [0.25, 0.3) is 0 Å². The van der Waals surface area contributed by atoms with Crippen molar-refractivity contribution in [3.8, 4) is 5.75 Å². The Morgan fingerprint density at radius 1 is 1.10 bits per heavy atom. The van der Waals surface area contributed by atoms with E-state index in [1.165, 1.54) is 11.6 Å². The molecule has 0 spiro atoms. The monoisotopic (exact) mass is 337 g/mol. The molecular formula is C16H17BrFNO. The Morgan fingerprint density at radius 3 is 2.50 bits per heavy atom. The fraction of sp³-hybridized carbons (Fsp3) is 0.250. The quantitative estimate of drug-likeness (QED) is 0.806. The SMILES string of the molecule is COc1ccc(CCNCc2cc(F)cc(Br)c2)cc1. The third-order valence-electron chi connectivity index (χ3n) is 3.00. The molecule has 0 amide bonds. The van der Waals surface area contributed by atoms with Crippen LogP contribution in [0.25, 0.3) is 0 Å². The van der Waals surface area contributed by atoms with Gasteiger partial charge < -0.3 is 10.1 Å². The van der Waals surface area contributed by atoms with Crippen LogP contribution in [0.4, 0.5) is 4.39 Å². The molecule has 0 aliphatic rings. The second-order valence-electron chi connectivity index (χ2n) is 4.55.